The van der Waals surface area contributed by atoms with Crippen molar-refractivity contribution in [3.63, 3.8) is 0 Å². The molecule has 3 nitrogen and oxygen atoms in total. The van der Waals surface area contributed by atoms with Crippen LogP contribution in [-0.4, -0.2) is 36.5 Å². The lowest BCUT2D eigenvalue weighted by atomic mass is 9.86. The SMILES string of the molecule is CCC1(CC)CC(NCCCCCO)CCO1. The molecule has 0 aromatic heterocycles. The first-order chi connectivity index (χ1) is 8.26. The molecule has 0 aromatic carbocycles. The van der Waals surface area contributed by atoms with Gasteiger partial charge in [-0.25, -0.2) is 0 Å². The largest absolute Gasteiger partial charge is 0.396 e. The molecule has 17 heavy (non-hydrogen) atoms. The average Bonchev–Trinajstić information content (AvgIpc) is 2.39. The maximum absolute atomic E-state index is 8.71. The monoisotopic (exact) mass is 243 g/mol. The number of hydrogen-bond acceptors (Lipinski definition) is 3. The van der Waals surface area contributed by atoms with Gasteiger partial charge in [-0.3, -0.25) is 0 Å². The molecule has 1 heterocycles. The normalized spacial score (nSPS) is 23.8. The van der Waals surface area contributed by atoms with Gasteiger partial charge in [-0.1, -0.05) is 13.8 Å². The molecule has 1 atom stereocenters. The summed E-state index contributed by atoms with van der Waals surface area (Å²) in [4.78, 5) is 0. The maximum Gasteiger partial charge on any atom is 0.0692 e. The zero-order chi connectivity index (χ0) is 12.6. The molecule has 1 aliphatic rings. The lowest BCUT2D eigenvalue weighted by molar-refractivity contribution is -0.0929. The topological polar surface area (TPSA) is 41.5 Å². The molecular formula is C14H29NO2. The zero-order valence-corrected chi connectivity index (χ0v) is 11.5. The highest BCUT2D eigenvalue weighted by atomic mass is 16.5. The van der Waals surface area contributed by atoms with E-state index in [0.29, 0.717) is 12.6 Å². The molecule has 3 heteroatoms. The summed E-state index contributed by atoms with van der Waals surface area (Å²) in [5.74, 6) is 0. The second-order valence-corrected chi connectivity index (χ2v) is 5.17. The summed E-state index contributed by atoms with van der Waals surface area (Å²) < 4.78 is 5.97. The minimum absolute atomic E-state index is 0.126. The molecule has 1 aliphatic heterocycles. The number of unbranched alkanes of at least 4 members (excludes halogenated alkanes) is 2. The van der Waals surface area contributed by atoms with E-state index in [2.05, 4.69) is 19.2 Å². The standard InChI is InChI=1S/C14H29NO2/c1-3-14(4-2)12-13(8-11-17-14)15-9-6-5-7-10-16/h13,15-16H,3-12H2,1-2H3. The summed E-state index contributed by atoms with van der Waals surface area (Å²) in [6.07, 6.45) is 7.76. The Morgan fingerprint density at radius 2 is 2.00 bits per heavy atom. The maximum atomic E-state index is 8.71. The lowest BCUT2D eigenvalue weighted by Crippen LogP contribution is -2.46. The van der Waals surface area contributed by atoms with Gasteiger partial charge >= 0.3 is 0 Å². The first kappa shape index (κ1) is 14.9. The van der Waals surface area contributed by atoms with Crippen LogP contribution in [0.5, 0.6) is 0 Å². The van der Waals surface area contributed by atoms with Gasteiger partial charge in [-0.05, 0) is 51.5 Å². The van der Waals surface area contributed by atoms with Crippen LogP contribution in [0, 0.1) is 0 Å². The van der Waals surface area contributed by atoms with Crippen LogP contribution in [0.4, 0.5) is 0 Å². The van der Waals surface area contributed by atoms with E-state index in [-0.39, 0.29) is 5.60 Å². The van der Waals surface area contributed by atoms with E-state index in [0.717, 1.165) is 51.7 Å². The van der Waals surface area contributed by atoms with Crippen molar-refractivity contribution >= 4 is 0 Å². The van der Waals surface area contributed by atoms with Crippen molar-refractivity contribution in [2.75, 3.05) is 19.8 Å². The third kappa shape index (κ3) is 4.94. The molecule has 1 unspecified atom stereocenters. The van der Waals surface area contributed by atoms with Crippen molar-refractivity contribution in [1.29, 1.82) is 0 Å². The molecule has 0 radical (unpaired) electrons. The van der Waals surface area contributed by atoms with Crippen LogP contribution in [0.2, 0.25) is 0 Å². The fraction of sp³-hybridized carbons (Fsp3) is 1.00. The minimum Gasteiger partial charge on any atom is -0.396 e. The molecule has 0 aromatic rings. The number of hydrogen-bond donors (Lipinski definition) is 2. The minimum atomic E-state index is 0.126. The van der Waals surface area contributed by atoms with E-state index in [9.17, 15) is 0 Å². The molecule has 0 saturated carbocycles. The Bertz CT molecular complexity index is 193. The number of aliphatic hydroxyl groups excluding tert-OH is 1. The Balaban J connectivity index is 2.20. The Morgan fingerprint density at radius 1 is 1.24 bits per heavy atom. The molecule has 102 valence electrons. The second-order valence-electron chi connectivity index (χ2n) is 5.17. The molecular weight excluding hydrogens is 214 g/mol. The van der Waals surface area contributed by atoms with Gasteiger partial charge in [0.25, 0.3) is 0 Å². The molecule has 0 amide bonds. The van der Waals surface area contributed by atoms with Gasteiger partial charge in [0, 0.05) is 19.3 Å². The van der Waals surface area contributed by atoms with Crippen LogP contribution in [0.3, 0.4) is 0 Å². The van der Waals surface area contributed by atoms with Crippen LogP contribution in [0.15, 0.2) is 0 Å². The molecule has 1 fully saturated rings. The van der Waals surface area contributed by atoms with E-state index in [1.54, 1.807) is 0 Å². The van der Waals surface area contributed by atoms with Gasteiger partial charge in [-0.2, -0.15) is 0 Å². The highest BCUT2D eigenvalue weighted by Crippen LogP contribution is 2.31. The summed E-state index contributed by atoms with van der Waals surface area (Å²) in [6.45, 7) is 6.76. The summed E-state index contributed by atoms with van der Waals surface area (Å²) in [5.41, 5.74) is 0.126. The van der Waals surface area contributed by atoms with E-state index in [1.807, 2.05) is 0 Å². The van der Waals surface area contributed by atoms with Crippen molar-refractivity contribution in [2.45, 2.75) is 70.4 Å². The van der Waals surface area contributed by atoms with E-state index < -0.39 is 0 Å². The molecule has 1 rings (SSSR count). The number of rotatable bonds is 8. The van der Waals surface area contributed by atoms with E-state index >= 15 is 0 Å². The fourth-order valence-electron chi connectivity index (χ4n) is 2.66. The first-order valence-electron chi connectivity index (χ1n) is 7.24. The molecule has 2 N–H and O–H groups in total. The van der Waals surface area contributed by atoms with E-state index in [4.69, 9.17) is 9.84 Å². The van der Waals surface area contributed by atoms with Crippen molar-refractivity contribution < 1.29 is 9.84 Å². The van der Waals surface area contributed by atoms with Gasteiger partial charge in [0.05, 0.1) is 5.60 Å². The predicted molar refractivity (Wildman–Crippen MR) is 71.2 cm³/mol. The van der Waals surface area contributed by atoms with Crippen molar-refractivity contribution in [3.8, 4) is 0 Å². The number of nitrogens with one attached hydrogen (secondary N) is 1. The van der Waals surface area contributed by atoms with Gasteiger partial charge in [0.2, 0.25) is 0 Å². The fourth-order valence-corrected chi connectivity index (χ4v) is 2.66. The Morgan fingerprint density at radius 3 is 2.65 bits per heavy atom. The molecule has 0 bridgehead atoms. The van der Waals surface area contributed by atoms with Crippen molar-refractivity contribution in [2.24, 2.45) is 0 Å². The quantitative estimate of drug-likeness (QED) is 0.644. The number of ether oxygens (including phenoxy) is 1. The summed E-state index contributed by atoms with van der Waals surface area (Å²) in [5, 5.41) is 12.4. The van der Waals surface area contributed by atoms with Crippen LogP contribution < -0.4 is 5.32 Å². The Kier molecular flexibility index (Phi) is 7.09. The summed E-state index contributed by atoms with van der Waals surface area (Å²) in [6, 6.07) is 0.623. The van der Waals surface area contributed by atoms with Crippen LogP contribution >= 0.6 is 0 Å². The zero-order valence-electron chi connectivity index (χ0n) is 11.5. The van der Waals surface area contributed by atoms with Gasteiger partial charge in [0.1, 0.15) is 0 Å². The Hall–Kier alpha value is -0.120. The number of aliphatic hydroxyl groups is 1. The van der Waals surface area contributed by atoms with Gasteiger partial charge in [-0.15, -0.1) is 0 Å². The van der Waals surface area contributed by atoms with Crippen LogP contribution in [0.25, 0.3) is 0 Å². The molecule has 1 saturated heterocycles. The summed E-state index contributed by atoms with van der Waals surface area (Å²) >= 11 is 0. The van der Waals surface area contributed by atoms with Gasteiger partial charge in [0.15, 0.2) is 0 Å². The Labute approximate surface area is 106 Å². The molecule has 0 aliphatic carbocycles. The van der Waals surface area contributed by atoms with Gasteiger partial charge < -0.3 is 15.2 Å². The highest BCUT2D eigenvalue weighted by molar-refractivity contribution is 4.87. The summed E-state index contributed by atoms with van der Waals surface area (Å²) in [7, 11) is 0. The van der Waals surface area contributed by atoms with Crippen molar-refractivity contribution in [1.82, 2.24) is 5.32 Å². The smallest absolute Gasteiger partial charge is 0.0692 e. The van der Waals surface area contributed by atoms with Crippen LogP contribution in [-0.2, 0) is 4.74 Å². The van der Waals surface area contributed by atoms with Crippen LogP contribution in [0.1, 0.15) is 58.8 Å². The third-order valence-corrected chi connectivity index (χ3v) is 4.05. The lowest BCUT2D eigenvalue weighted by Gasteiger charge is -2.40. The highest BCUT2D eigenvalue weighted by Gasteiger charge is 2.33. The first-order valence-corrected chi connectivity index (χ1v) is 7.24. The third-order valence-electron chi connectivity index (χ3n) is 4.05. The second kappa shape index (κ2) is 8.06. The predicted octanol–water partition coefficient (Wildman–Crippen LogP) is 2.48. The molecule has 0 spiro atoms. The van der Waals surface area contributed by atoms with E-state index in [1.165, 1.54) is 6.42 Å². The van der Waals surface area contributed by atoms with Crippen molar-refractivity contribution in [3.05, 3.63) is 0 Å². The average molecular weight is 243 g/mol.